The first-order chi connectivity index (χ1) is 7.07. The zero-order chi connectivity index (χ0) is 13.5. The van der Waals surface area contributed by atoms with Gasteiger partial charge in [-0.25, -0.2) is 0 Å². The summed E-state index contributed by atoms with van der Waals surface area (Å²) in [6, 6.07) is 0. The van der Waals surface area contributed by atoms with Crippen molar-refractivity contribution in [2.45, 2.75) is 0 Å². The molecule has 0 aromatic rings. The number of hydrogen-bond acceptors (Lipinski definition) is 10. The van der Waals surface area contributed by atoms with Crippen molar-refractivity contribution in [3.63, 3.8) is 0 Å². The van der Waals surface area contributed by atoms with Gasteiger partial charge in [0.25, 0.3) is 0 Å². The van der Waals surface area contributed by atoms with E-state index in [1.54, 1.807) is 0 Å². The molecule has 0 heterocycles. The Labute approximate surface area is 167 Å². The van der Waals surface area contributed by atoms with Crippen molar-refractivity contribution in [1.82, 2.24) is 0 Å². The quantitative estimate of drug-likeness (QED) is 0.339. The molecule has 0 aromatic heterocycles. The van der Waals surface area contributed by atoms with Gasteiger partial charge >= 0.3 is 169 Å². The summed E-state index contributed by atoms with van der Waals surface area (Å²) in [6.45, 7) is 0. The third kappa shape index (κ3) is 1070. The van der Waals surface area contributed by atoms with Crippen LogP contribution in [0.15, 0.2) is 0 Å². The fourth-order valence-corrected chi connectivity index (χ4v) is 0. The molecular weight excluding hydrogens is 419 g/mol. The first-order valence-electron chi connectivity index (χ1n) is 2.36. The molecule has 0 N–H and O–H groups in total. The van der Waals surface area contributed by atoms with Crippen LogP contribution in [0.2, 0.25) is 0 Å². The minimum absolute atomic E-state index is 0. The second-order valence-corrected chi connectivity index (χ2v) is 1.44. The number of rotatable bonds is 0. The molecule has 0 aliphatic rings. The molecule has 18 heavy (non-hydrogen) atoms. The van der Waals surface area contributed by atoms with E-state index in [2.05, 4.69) is 0 Å². The Morgan fingerprint density at radius 1 is 0.500 bits per heavy atom. The second kappa shape index (κ2) is 122. The Hall–Kier alpha value is 2.26. The summed E-state index contributed by atoms with van der Waals surface area (Å²) >= 11 is -8.75. The van der Waals surface area contributed by atoms with Gasteiger partial charge in [0, 0.05) is 0 Å². The fraction of sp³-hybridized carbons (Fsp3) is 0. The molecular formula is Al5CoLiNiO10. The molecule has 0 saturated heterocycles. The van der Waals surface area contributed by atoms with Crippen LogP contribution in [0.5, 0.6) is 0 Å². The van der Waals surface area contributed by atoms with Gasteiger partial charge in [-0.15, -0.1) is 0 Å². The maximum absolute atomic E-state index is 8.46. The fourth-order valence-electron chi connectivity index (χ4n) is 0. The first kappa shape index (κ1) is 50.0. The summed E-state index contributed by atoms with van der Waals surface area (Å²) < 4.78 is 84.6. The molecule has 0 aliphatic heterocycles. The van der Waals surface area contributed by atoms with E-state index in [0.717, 1.165) is 0 Å². The normalized spacial score (nSPS) is 2.22. The van der Waals surface area contributed by atoms with Crippen molar-refractivity contribution in [3.05, 3.63) is 0 Å². The van der Waals surface area contributed by atoms with Crippen LogP contribution in [0.4, 0.5) is 0 Å². The van der Waals surface area contributed by atoms with Gasteiger partial charge in [-0.3, -0.25) is 0 Å². The van der Waals surface area contributed by atoms with Crippen molar-refractivity contribution in [1.29, 1.82) is 0 Å². The molecule has 0 atom stereocenters. The predicted molar refractivity (Wildman–Crippen MR) is 32.2 cm³/mol. The van der Waals surface area contributed by atoms with Crippen LogP contribution in [0.25, 0.3) is 0 Å². The van der Waals surface area contributed by atoms with E-state index in [1.165, 1.54) is 0 Å². The SMILES string of the molecule is [Co+2].[Li+].[Ni+2].[O]=[Al][O-].[O]=[Al][O-].[O]=[Al][O-].[O]=[Al][O-].[O]=[Al][O-]. The van der Waals surface area contributed by atoms with E-state index in [9.17, 15) is 0 Å². The van der Waals surface area contributed by atoms with Gasteiger partial charge in [-0.2, -0.15) is 0 Å². The monoisotopic (exact) mass is 419 g/mol. The van der Waals surface area contributed by atoms with Crippen molar-refractivity contribution in [2.75, 3.05) is 0 Å². The van der Waals surface area contributed by atoms with Crippen LogP contribution in [0, 0.1) is 0 Å². The van der Waals surface area contributed by atoms with E-state index >= 15 is 0 Å². The molecule has 18 heteroatoms. The Balaban J connectivity index is -0.0000000111. The van der Waals surface area contributed by atoms with Crippen LogP contribution in [0.3, 0.4) is 0 Å². The summed E-state index contributed by atoms with van der Waals surface area (Å²) in [6.07, 6.45) is 0. The molecule has 95 valence electrons. The molecule has 0 amide bonds. The Morgan fingerprint density at radius 2 is 0.500 bits per heavy atom. The van der Waals surface area contributed by atoms with Crippen molar-refractivity contribution < 1.29 is 91.9 Å². The average molecular weight is 419 g/mol. The standard InChI is InChI=1S/5Al.Co.Li.Ni.10O/q;;;;;+2;+1;+2;;;;;;5*-1. The molecule has 0 saturated carbocycles. The summed E-state index contributed by atoms with van der Waals surface area (Å²) in [7, 11) is 0. The van der Waals surface area contributed by atoms with Crippen LogP contribution in [0.1, 0.15) is 0 Å². The van der Waals surface area contributed by atoms with Gasteiger partial charge in [0.2, 0.25) is 0 Å². The van der Waals surface area contributed by atoms with Crippen molar-refractivity contribution in [2.24, 2.45) is 0 Å². The molecule has 0 aliphatic carbocycles. The zero-order valence-corrected chi connectivity index (χ0v) is 16.4. The van der Waals surface area contributed by atoms with Crippen LogP contribution >= 0.6 is 0 Å². The van der Waals surface area contributed by atoms with E-state index in [4.69, 9.17) is 39.8 Å². The third-order valence-electron chi connectivity index (χ3n) is 0. The van der Waals surface area contributed by atoms with Gasteiger partial charge in [0.1, 0.15) is 0 Å². The molecule has 0 spiro atoms. The predicted octanol–water partition coefficient (Wildman–Crippen LogP) is -11.4. The minimum atomic E-state index is -1.75. The molecule has 1 radical (unpaired) electrons. The Kier molecular flexibility index (Phi) is 338. The topological polar surface area (TPSA) is 201 Å². The molecule has 10 nitrogen and oxygen atoms in total. The van der Waals surface area contributed by atoms with Gasteiger partial charge in [-0.05, 0) is 0 Å². The molecule has 0 aromatic carbocycles. The van der Waals surface area contributed by atoms with Crippen molar-refractivity contribution >= 4 is 77.4 Å². The third-order valence-corrected chi connectivity index (χ3v) is 0. The molecule has 0 unspecified atom stereocenters. The van der Waals surface area contributed by atoms with E-state index in [1.807, 2.05) is 0 Å². The van der Waals surface area contributed by atoms with Crippen LogP contribution in [-0.4, -0.2) is 77.4 Å². The Morgan fingerprint density at radius 3 is 0.500 bits per heavy atom. The maximum atomic E-state index is 8.46. The second-order valence-electron chi connectivity index (χ2n) is 0.481. The van der Waals surface area contributed by atoms with Crippen LogP contribution < -0.4 is 39.7 Å². The van der Waals surface area contributed by atoms with Crippen LogP contribution in [-0.2, 0) is 52.3 Å². The molecule has 0 rings (SSSR count). The summed E-state index contributed by atoms with van der Waals surface area (Å²) in [5.41, 5.74) is 0. The molecule has 0 fully saturated rings. The van der Waals surface area contributed by atoms with E-state index < -0.39 is 77.4 Å². The van der Waals surface area contributed by atoms with Crippen molar-refractivity contribution in [3.8, 4) is 0 Å². The van der Waals surface area contributed by atoms with Gasteiger partial charge in [0.05, 0.1) is 0 Å². The summed E-state index contributed by atoms with van der Waals surface area (Å²) in [4.78, 5) is 0. The zero-order valence-electron chi connectivity index (χ0n) is 8.62. The summed E-state index contributed by atoms with van der Waals surface area (Å²) in [5, 5.41) is 0. The van der Waals surface area contributed by atoms with E-state index in [-0.39, 0.29) is 52.1 Å². The molecule has 0 bridgehead atoms. The van der Waals surface area contributed by atoms with E-state index in [0.29, 0.717) is 0 Å². The first-order valence-corrected chi connectivity index (χ1v) is 7.07. The average Bonchev–Trinajstić information content (AvgIpc) is 2.09. The van der Waals surface area contributed by atoms with Gasteiger partial charge in [-0.1, -0.05) is 0 Å². The Bertz CT molecular complexity index is 103. The summed E-state index contributed by atoms with van der Waals surface area (Å²) in [5.74, 6) is 0. The number of hydrogen-bond donors (Lipinski definition) is 0. The van der Waals surface area contributed by atoms with Gasteiger partial charge < -0.3 is 0 Å². The van der Waals surface area contributed by atoms with Gasteiger partial charge in [0.15, 0.2) is 0 Å².